The summed E-state index contributed by atoms with van der Waals surface area (Å²) in [6.45, 7) is 8.77. The normalized spacial score (nSPS) is 15.8. The fourth-order valence-electron chi connectivity index (χ4n) is 3.33. The summed E-state index contributed by atoms with van der Waals surface area (Å²) in [5.41, 5.74) is 6.39. The number of carboxylic acid groups (broad SMARTS) is 1. The molecule has 0 saturated heterocycles. The SMILES string of the molecule is CC(C)CC(N)C(=O)NC(C(=O)NC(Cc1cnc[nH]1)C(=O)NC(CC(C)C)C(=O)O)C(C)O. The van der Waals surface area contributed by atoms with Crippen LogP contribution in [0, 0.1) is 11.8 Å². The standard InChI is InChI=1S/C22H38N6O6/c1-11(2)6-15(23)19(30)28-18(13(5)29)21(32)26-16(8-14-9-24-10-25-14)20(31)27-17(22(33)34)7-12(3)4/h9-13,15-18,29H,6-8,23H2,1-5H3,(H,24,25)(H,26,32)(H,27,31)(H,28,30)(H,33,34). The highest BCUT2D eigenvalue weighted by Gasteiger charge is 2.33. The minimum absolute atomic E-state index is 0.00641. The molecule has 1 heterocycles. The molecular formula is C22H38N6O6. The Labute approximate surface area is 199 Å². The quantitative estimate of drug-likeness (QED) is 0.180. The molecule has 8 N–H and O–H groups in total. The zero-order chi connectivity index (χ0) is 26.0. The Morgan fingerprint density at radius 1 is 0.941 bits per heavy atom. The number of aliphatic hydroxyl groups is 1. The van der Waals surface area contributed by atoms with E-state index in [1.165, 1.54) is 19.4 Å². The Bertz CT molecular complexity index is 811. The van der Waals surface area contributed by atoms with Crippen molar-refractivity contribution in [1.29, 1.82) is 0 Å². The molecule has 12 heteroatoms. The first-order chi connectivity index (χ1) is 15.8. The van der Waals surface area contributed by atoms with Crippen molar-refractivity contribution in [2.24, 2.45) is 17.6 Å². The van der Waals surface area contributed by atoms with Gasteiger partial charge >= 0.3 is 5.97 Å². The van der Waals surface area contributed by atoms with Crippen LogP contribution in [0.5, 0.6) is 0 Å². The van der Waals surface area contributed by atoms with Crippen LogP contribution in [0.25, 0.3) is 0 Å². The van der Waals surface area contributed by atoms with Gasteiger partial charge in [0.2, 0.25) is 17.7 Å². The average molecular weight is 483 g/mol. The zero-order valence-corrected chi connectivity index (χ0v) is 20.4. The summed E-state index contributed by atoms with van der Waals surface area (Å²) in [6.07, 6.45) is 2.16. The molecule has 5 unspecified atom stereocenters. The molecule has 0 aromatic carbocycles. The number of nitrogens with two attached hydrogens (primary N) is 1. The van der Waals surface area contributed by atoms with Gasteiger partial charge in [0.05, 0.1) is 18.5 Å². The Kier molecular flexibility index (Phi) is 11.7. The number of H-pyrrole nitrogens is 1. The third kappa shape index (κ3) is 9.87. The molecule has 0 aliphatic carbocycles. The lowest BCUT2D eigenvalue weighted by Gasteiger charge is -2.26. The number of amides is 3. The van der Waals surface area contributed by atoms with Crippen LogP contribution in [-0.4, -0.2) is 74.1 Å². The molecule has 5 atom stereocenters. The Hall–Kier alpha value is -2.99. The van der Waals surface area contributed by atoms with Gasteiger partial charge in [0.15, 0.2) is 0 Å². The fourth-order valence-corrected chi connectivity index (χ4v) is 3.33. The molecule has 34 heavy (non-hydrogen) atoms. The van der Waals surface area contributed by atoms with Gasteiger partial charge in [0.1, 0.15) is 18.1 Å². The molecule has 1 aromatic heterocycles. The van der Waals surface area contributed by atoms with E-state index in [2.05, 4.69) is 25.9 Å². The third-order valence-corrected chi connectivity index (χ3v) is 5.06. The monoisotopic (exact) mass is 482 g/mol. The molecule has 3 amide bonds. The molecule has 0 saturated carbocycles. The van der Waals surface area contributed by atoms with Crippen molar-refractivity contribution in [1.82, 2.24) is 25.9 Å². The first-order valence-corrected chi connectivity index (χ1v) is 11.4. The Morgan fingerprint density at radius 3 is 2.00 bits per heavy atom. The summed E-state index contributed by atoms with van der Waals surface area (Å²) in [5, 5.41) is 27.0. The van der Waals surface area contributed by atoms with E-state index in [9.17, 15) is 29.4 Å². The summed E-state index contributed by atoms with van der Waals surface area (Å²) >= 11 is 0. The maximum atomic E-state index is 13.0. The van der Waals surface area contributed by atoms with Crippen LogP contribution < -0.4 is 21.7 Å². The Morgan fingerprint density at radius 2 is 1.53 bits per heavy atom. The van der Waals surface area contributed by atoms with Crippen LogP contribution in [0.1, 0.15) is 53.2 Å². The van der Waals surface area contributed by atoms with Gasteiger partial charge in [-0.2, -0.15) is 0 Å². The number of carboxylic acids is 1. The second kappa shape index (κ2) is 13.7. The number of carbonyl (C=O) groups excluding carboxylic acids is 3. The first-order valence-electron chi connectivity index (χ1n) is 11.4. The molecule has 0 aliphatic heterocycles. The zero-order valence-electron chi connectivity index (χ0n) is 20.4. The van der Waals surface area contributed by atoms with E-state index in [0.29, 0.717) is 12.1 Å². The number of rotatable bonds is 14. The second-order valence-electron chi connectivity index (χ2n) is 9.33. The summed E-state index contributed by atoms with van der Waals surface area (Å²) in [4.78, 5) is 56.6. The predicted octanol–water partition coefficient (Wildman–Crippen LogP) is -0.708. The summed E-state index contributed by atoms with van der Waals surface area (Å²) in [6, 6.07) is -4.57. The molecule has 0 fully saturated rings. The number of imidazole rings is 1. The van der Waals surface area contributed by atoms with Gasteiger partial charge in [-0.25, -0.2) is 9.78 Å². The smallest absolute Gasteiger partial charge is 0.326 e. The van der Waals surface area contributed by atoms with E-state index < -0.39 is 54.0 Å². The number of hydrogen-bond donors (Lipinski definition) is 7. The van der Waals surface area contributed by atoms with Crippen LogP contribution in [0.2, 0.25) is 0 Å². The van der Waals surface area contributed by atoms with Crippen molar-refractivity contribution in [3.63, 3.8) is 0 Å². The van der Waals surface area contributed by atoms with Crippen molar-refractivity contribution in [2.45, 2.75) is 84.2 Å². The lowest BCUT2D eigenvalue weighted by Crippen LogP contribution is -2.60. The number of nitrogens with one attached hydrogen (secondary N) is 4. The van der Waals surface area contributed by atoms with Gasteiger partial charge in [0, 0.05) is 18.3 Å². The van der Waals surface area contributed by atoms with E-state index in [-0.39, 0.29) is 24.7 Å². The first kappa shape index (κ1) is 29.0. The molecule has 0 aliphatic rings. The van der Waals surface area contributed by atoms with Gasteiger partial charge in [-0.1, -0.05) is 27.7 Å². The number of aliphatic carboxylic acids is 1. The maximum Gasteiger partial charge on any atom is 0.326 e. The minimum atomic E-state index is -1.37. The topological polar surface area (TPSA) is 200 Å². The van der Waals surface area contributed by atoms with Crippen molar-refractivity contribution in [2.75, 3.05) is 0 Å². The van der Waals surface area contributed by atoms with Gasteiger partial charge < -0.3 is 36.9 Å². The highest BCUT2D eigenvalue weighted by atomic mass is 16.4. The highest BCUT2D eigenvalue weighted by Crippen LogP contribution is 2.08. The number of aromatic nitrogens is 2. The molecule has 1 rings (SSSR count). The molecule has 12 nitrogen and oxygen atoms in total. The lowest BCUT2D eigenvalue weighted by molar-refractivity contribution is -0.143. The molecular weight excluding hydrogens is 444 g/mol. The number of carbonyl (C=O) groups is 4. The maximum absolute atomic E-state index is 13.0. The number of aliphatic hydroxyl groups excluding tert-OH is 1. The predicted molar refractivity (Wildman–Crippen MR) is 124 cm³/mol. The summed E-state index contributed by atoms with van der Waals surface area (Å²) < 4.78 is 0. The second-order valence-corrected chi connectivity index (χ2v) is 9.33. The van der Waals surface area contributed by atoms with Crippen molar-refractivity contribution in [3.8, 4) is 0 Å². The number of aromatic amines is 1. The summed E-state index contributed by atoms with van der Waals surface area (Å²) in [5.74, 6) is -3.17. The fraction of sp³-hybridized carbons (Fsp3) is 0.682. The van der Waals surface area contributed by atoms with Crippen molar-refractivity contribution >= 4 is 23.7 Å². The van der Waals surface area contributed by atoms with Crippen LogP contribution in [0.3, 0.4) is 0 Å². The third-order valence-electron chi connectivity index (χ3n) is 5.06. The van der Waals surface area contributed by atoms with E-state index in [0.717, 1.165) is 0 Å². The van der Waals surface area contributed by atoms with Crippen LogP contribution in [0.15, 0.2) is 12.5 Å². The van der Waals surface area contributed by atoms with Gasteiger partial charge in [-0.15, -0.1) is 0 Å². The number of nitrogens with zero attached hydrogens (tertiary/aromatic N) is 1. The lowest BCUT2D eigenvalue weighted by atomic mass is 10.0. The van der Waals surface area contributed by atoms with E-state index in [1.54, 1.807) is 0 Å². The van der Waals surface area contributed by atoms with Crippen LogP contribution in [-0.2, 0) is 25.6 Å². The van der Waals surface area contributed by atoms with Crippen molar-refractivity contribution in [3.05, 3.63) is 18.2 Å². The van der Waals surface area contributed by atoms with Gasteiger partial charge in [-0.3, -0.25) is 14.4 Å². The van der Waals surface area contributed by atoms with E-state index >= 15 is 0 Å². The molecule has 1 aromatic rings. The van der Waals surface area contributed by atoms with Gasteiger partial charge in [-0.05, 0) is 31.6 Å². The minimum Gasteiger partial charge on any atom is -0.480 e. The average Bonchev–Trinajstić information content (AvgIpc) is 3.22. The van der Waals surface area contributed by atoms with E-state index in [4.69, 9.17) is 5.73 Å². The highest BCUT2D eigenvalue weighted by molar-refractivity contribution is 5.94. The summed E-state index contributed by atoms with van der Waals surface area (Å²) in [7, 11) is 0. The van der Waals surface area contributed by atoms with Crippen LogP contribution >= 0.6 is 0 Å². The Balaban J connectivity index is 3.02. The largest absolute Gasteiger partial charge is 0.480 e. The molecule has 192 valence electrons. The van der Waals surface area contributed by atoms with Crippen molar-refractivity contribution < 1.29 is 29.4 Å². The molecule has 0 spiro atoms. The van der Waals surface area contributed by atoms with Gasteiger partial charge in [0.25, 0.3) is 0 Å². The van der Waals surface area contributed by atoms with Crippen LogP contribution in [0.4, 0.5) is 0 Å². The molecule has 0 radical (unpaired) electrons. The van der Waals surface area contributed by atoms with E-state index in [1.807, 2.05) is 27.7 Å². The number of hydrogen-bond acceptors (Lipinski definition) is 7. The molecule has 0 bridgehead atoms.